The Morgan fingerprint density at radius 1 is 1.12 bits per heavy atom. The molecular formula is C22H23FN4O6S. The molecule has 0 radical (unpaired) electrons. The molecule has 2 heterocycles. The van der Waals surface area contributed by atoms with Gasteiger partial charge in [0, 0.05) is 42.2 Å². The summed E-state index contributed by atoms with van der Waals surface area (Å²) in [7, 11) is -2.13. The van der Waals surface area contributed by atoms with Crippen molar-refractivity contribution in [2.75, 3.05) is 7.05 Å². The Balaban J connectivity index is 0.000000440. The lowest BCUT2D eigenvalue weighted by molar-refractivity contribution is -0.134. The van der Waals surface area contributed by atoms with Crippen LogP contribution < -0.4 is 5.32 Å². The number of benzene rings is 1. The molecule has 0 aliphatic carbocycles. The molecule has 0 bridgehead atoms. The van der Waals surface area contributed by atoms with Crippen LogP contribution in [0.15, 0.2) is 64.7 Å². The molecule has 0 amide bonds. The van der Waals surface area contributed by atoms with Gasteiger partial charge >= 0.3 is 11.9 Å². The van der Waals surface area contributed by atoms with E-state index in [9.17, 15) is 22.4 Å². The average molecular weight is 491 g/mol. The third kappa shape index (κ3) is 6.56. The van der Waals surface area contributed by atoms with E-state index in [1.54, 1.807) is 33.0 Å². The van der Waals surface area contributed by atoms with Crippen molar-refractivity contribution in [2.45, 2.75) is 30.3 Å². The van der Waals surface area contributed by atoms with Crippen molar-refractivity contribution in [2.24, 2.45) is 0 Å². The molecule has 34 heavy (non-hydrogen) atoms. The fraction of sp³-hybridized carbons (Fsp3) is 0.182. The van der Waals surface area contributed by atoms with E-state index in [0.717, 1.165) is 0 Å². The molecular weight excluding hydrogens is 467 g/mol. The van der Waals surface area contributed by atoms with Crippen molar-refractivity contribution in [1.82, 2.24) is 20.1 Å². The summed E-state index contributed by atoms with van der Waals surface area (Å²) in [5.74, 6) is -2.94. The monoisotopic (exact) mass is 490 g/mol. The van der Waals surface area contributed by atoms with E-state index in [-0.39, 0.29) is 9.92 Å². The van der Waals surface area contributed by atoms with Gasteiger partial charge in [0.25, 0.3) is 0 Å². The molecule has 10 nitrogen and oxygen atoms in total. The van der Waals surface area contributed by atoms with Crippen LogP contribution in [0, 0.1) is 19.7 Å². The highest BCUT2D eigenvalue weighted by atomic mass is 32.2. The first-order valence-corrected chi connectivity index (χ1v) is 11.3. The summed E-state index contributed by atoms with van der Waals surface area (Å²) in [4.78, 5) is 23.2. The fourth-order valence-electron chi connectivity index (χ4n) is 2.74. The van der Waals surface area contributed by atoms with Crippen molar-refractivity contribution >= 4 is 21.8 Å². The second-order valence-corrected chi connectivity index (χ2v) is 8.85. The van der Waals surface area contributed by atoms with Crippen LogP contribution in [0.2, 0.25) is 0 Å². The number of aryl methyl sites for hydroxylation is 1. The topological polar surface area (TPSA) is 151 Å². The molecule has 3 aromatic rings. The van der Waals surface area contributed by atoms with E-state index in [1.165, 1.54) is 35.1 Å². The number of hydrogen-bond donors (Lipinski definition) is 3. The summed E-state index contributed by atoms with van der Waals surface area (Å²) < 4.78 is 41.6. The van der Waals surface area contributed by atoms with Crippen LogP contribution in [0.3, 0.4) is 0 Å². The number of aromatic nitrogens is 3. The van der Waals surface area contributed by atoms with Crippen molar-refractivity contribution in [3.63, 3.8) is 0 Å². The first-order chi connectivity index (χ1) is 16.0. The molecule has 0 aliphatic rings. The molecule has 3 N–H and O–H groups in total. The summed E-state index contributed by atoms with van der Waals surface area (Å²) in [5, 5.41) is 22.9. The van der Waals surface area contributed by atoms with Gasteiger partial charge in [0.1, 0.15) is 5.82 Å². The van der Waals surface area contributed by atoms with E-state index < -0.39 is 27.6 Å². The SMILES string of the molecule is CNCc1cc(S(=O)(=O)c2ccc(C)nc2)n(-c2cccc(F)c2C)n1.O=C(O)/C=C/C(=O)O. The maximum absolute atomic E-state index is 14.0. The Morgan fingerprint density at radius 2 is 1.76 bits per heavy atom. The zero-order valence-corrected chi connectivity index (χ0v) is 19.4. The Kier molecular flexibility index (Phi) is 8.76. The van der Waals surface area contributed by atoms with Gasteiger partial charge in [-0.25, -0.2) is 27.1 Å². The van der Waals surface area contributed by atoms with Crippen LogP contribution in [-0.4, -0.2) is 52.4 Å². The number of rotatable bonds is 7. The Morgan fingerprint density at radius 3 is 2.29 bits per heavy atom. The number of halogens is 1. The molecule has 1 aromatic carbocycles. The van der Waals surface area contributed by atoms with Crippen LogP contribution in [0.4, 0.5) is 4.39 Å². The standard InChI is InChI=1S/C18H19FN4O2S.C4H4O4/c1-12-7-8-15(11-21-12)26(24,25)18-9-14(10-20-3)22-23(18)17-6-4-5-16(19)13(17)2;5-3(6)1-2-4(7)8/h4-9,11,20H,10H2,1-3H3;1-2H,(H,5,6)(H,7,8)/b;2-1+. The summed E-state index contributed by atoms with van der Waals surface area (Å²) in [6.07, 6.45) is 2.43. The third-order valence-electron chi connectivity index (χ3n) is 4.39. The van der Waals surface area contributed by atoms with E-state index >= 15 is 0 Å². The van der Waals surface area contributed by atoms with Gasteiger partial charge in [-0.2, -0.15) is 5.10 Å². The second kappa shape index (κ2) is 11.3. The third-order valence-corrected chi connectivity index (χ3v) is 6.09. The minimum absolute atomic E-state index is 0.0258. The minimum atomic E-state index is -3.87. The number of hydrogen-bond acceptors (Lipinski definition) is 7. The van der Waals surface area contributed by atoms with Crippen LogP contribution >= 0.6 is 0 Å². The molecule has 0 saturated heterocycles. The highest BCUT2D eigenvalue weighted by Gasteiger charge is 2.26. The fourth-order valence-corrected chi connectivity index (χ4v) is 4.08. The van der Waals surface area contributed by atoms with E-state index in [2.05, 4.69) is 15.4 Å². The predicted molar refractivity (Wildman–Crippen MR) is 120 cm³/mol. The van der Waals surface area contributed by atoms with Crippen LogP contribution in [0.5, 0.6) is 0 Å². The number of pyridine rings is 1. The van der Waals surface area contributed by atoms with Gasteiger partial charge < -0.3 is 15.5 Å². The quantitative estimate of drug-likeness (QED) is 0.424. The van der Waals surface area contributed by atoms with E-state index in [1.807, 2.05) is 0 Å². The van der Waals surface area contributed by atoms with Gasteiger partial charge in [0.15, 0.2) is 5.03 Å². The lowest BCUT2D eigenvalue weighted by Gasteiger charge is -2.11. The summed E-state index contributed by atoms with van der Waals surface area (Å²) >= 11 is 0. The number of nitrogens with one attached hydrogen (secondary N) is 1. The lowest BCUT2D eigenvalue weighted by atomic mass is 10.2. The van der Waals surface area contributed by atoms with Gasteiger partial charge in [-0.1, -0.05) is 6.07 Å². The average Bonchev–Trinajstić information content (AvgIpc) is 3.20. The number of aliphatic carboxylic acids is 2. The largest absolute Gasteiger partial charge is 0.478 e. The molecule has 0 fully saturated rings. The van der Waals surface area contributed by atoms with Crippen LogP contribution in [0.25, 0.3) is 5.69 Å². The summed E-state index contributed by atoms with van der Waals surface area (Å²) in [6.45, 7) is 3.76. The molecule has 2 aromatic heterocycles. The van der Waals surface area contributed by atoms with Gasteiger partial charge in [0.05, 0.1) is 16.3 Å². The van der Waals surface area contributed by atoms with E-state index in [4.69, 9.17) is 10.2 Å². The number of carboxylic acid groups (broad SMARTS) is 2. The molecule has 3 rings (SSSR count). The molecule has 0 spiro atoms. The predicted octanol–water partition coefficient (Wildman–Crippen LogP) is 2.29. The van der Waals surface area contributed by atoms with Gasteiger partial charge in [-0.05, 0) is 45.2 Å². The molecule has 12 heteroatoms. The van der Waals surface area contributed by atoms with E-state index in [0.29, 0.717) is 41.3 Å². The normalized spacial score (nSPS) is 11.2. The molecule has 0 saturated carbocycles. The van der Waals surface area contributed by atoms with Crippen LogP contribution in [-0.2, 0) is 26.0 Å². The molecule has 0 unspecified atom stereocenters. The Bertz CT molecular complexity index is 1300. The van der Waals surface area contributed by atoms with Gasteiger partial charge in [-0.15, -0.1) is 0 Å². The molecule has 0 atom stereocenters. The number of carbonyl (C=O) groups is 2. The second-order valence-electron chi connectivity index (χ2n) is 6.95. The zero-order valence-electron chi connectivity index (χ0n) is 18.6. The Labute approximate surface area is 195 Å². The van der Waals surface area contributed by atoms with Crippen molar-refractivity contribution < 1.29 is 32.6 Å². The van der Waals surface area contributed by atoms with Gasteiger partial charge in [0.2, 0.25) is 9.84 Å². The summed E-state index contributed by atoms with van der Waals surface area (Å²) in [5.41, 5.74) is 1.96. The first kappa shape index (κ1) is 26.4. The Hall–Kier alpha value is -3.90. The smallest absolute Gasteiger partial charge is 0.328 e. The number of carboxylic acids is 2. The lowest BCUT2D eigenvalue weighted by Crippen LogP contribution is -2.12. The van der Waals surface area contributed by atoms with Crippen LogP contribution in [0.1, 0.15) is 17.0 Å². The highest BCUT2D eigenvalue weighted by molar-refractivity contribution is 7.91. The number of sulfone groups is 1. The highest BCUT2D eigenvalue weighted by Crippen LogP contribution is 2.26. The molecule has 180 valence electrons. The first-order valence-electron chi connectivity index (χ1n) is 9.78. The van der Waals surface area contributed by atoms with Crippen molar-refractivity contribution in [1.29, 1.82) is 0 Å². The maximum Gasteiger partial charge on any atom is 0.328 e. The number of nitrogens with zero attached hydrogens (tertiary/aromatic N) is 3. The minimum Gasteiger partial charge on any atom is -0.478 e. The van der Waals surface area contributed by atoms with Crippen molar-refractivity contribution in [3.8, 4) is 5.69 Å². The zero-order chi connectivity index (χ0) is 25.5. The summed E-state index contributed by atoms with van der Waals surface area (Å²) in [6, 6.07) is 9.13. The van der Waals surface area contributed by atoms with Gasteiger partial charge in [-0.3, -0.25) is 4.98 Å². The van der Waals surface area contributed by atoms with Crippen molar-refractivity contribution in [3.05, 3.63) is 77.5 Å². The molecule has 0 aliphatic heterocycles. The maximum atomic E-state index is 14.0.